The number of anilines is 2. The molecule has 0 bridgehead atoms. The molecule has 0 aliphatic rings. The number of hydrogen-bond donors (Lipinski definition) is 3. The smallest absolute Gasteiger partial charge is 0.221 e. The lowest BCUT2D eigenvalue weighted by molar-refractivity contribution is -0.114. The molecule has 0 saturated carbocycles. The molecule has 1 aromatic heterocycles. The lowest BCUT2D eigenvalue weighted by Crippen LogP contribution is -2.05. The lowest BCUT2D eigenvalue weighted by atomic mass is 10.1. The van der Waals surface area contributed by atoms with Gasteiger partial charge in [0.2, 0.25) is 11.0 Å². The summed E-state index contributed by atoms with van der Waals surface area (Å²) in [6.45, 7) is 1.39. The van der Waals surface area contributed by atoms with Gasteiger partial charge in [0.15, 0.2) is 0 Å². The third kappa shape index (κ3) is 4.83. The maximum Gasteiger partial charge on any atom is 0.221 e. The fraction of sp³-hybridized carbons (Fsp3) is 0.105. The highest BCUT2D eigenvalue weighted by atomic mass is 32.1. The van der Waals surface area contributed by atoms with Crippen LogP contribution in [0.3, 0.4) is 0 Å². The van der Waals surface area contributed by atoms with E-state index in [-0.39, 0.29) is 11.7 Å². The topological polar surface area (TPSA) is 95.8 Å². The molecule has 0 spiro atoms. The van der Waals surface area contributed by atoms with Crippen molar-refractivity contribution in [1.29, 1.82) is 0 Å². The number of nitrogens with zero attached hydrogens (tertiary/aromatic N) is 2. The van der Waals surface area contributed by atoms with Crippen LogP contribution < -0.4 is 15.5 Å². The third-order valence-electron chi connectivity index (χ3n) is 3.60. The van der Waals surface area contributed by atoms with Gasteiger partial charge in [0.25, 0.3) is 0 Å². The minimum Gasteiger partial charge on any atom is -0.506 e. The molecular formula is C19H18N4O3S. The van der Waals surface area contributed by atoms with Crippen LogP contribution in [0.15, 0.2) is 52.9 Å². The van der Waals surface area contributed by atoms with E-state index in [1.165, 1.54) is 24.3 Å². The highest BCUT2D eigenvalue weighted by Crippen LogP contribution is 2.31. The zero-order valence-electron chi connectivity index (χ0n) is 14.8. The minimum absolute atomic E-state index is 0.00613. The van der Waals surface area contributed by atoms with Crippen LogP contribution in [0.2, 0.25) is 0 Å². The van der Waals surface area contributed by atoms with Gasteiger partial charge in [0.05, 0.1) is 24.7 Å². The van der Waals surface area contributed by atoms with E-state index in [1.807, 2.05) is 29.6 Å². The second-order valence-corrected chi connectivity index (χ2v) is 6.45. The lowest BCUT2D eigenvalue weighted by Gasteiger charge is -2.06. The molecule has 2 aromatic carbocycles. The highest BCUT2D eigenvalue weighted by molar-refractivity contribution is 7.14. The van der Waals surface area contributed by atoms with Crippen molar-refractivity contribution in [2.24, 2.45) is 5.10 Å². The Balaban J connectivity index is 1.69. The zero-order valence-corrected chi connectivity index (χ0v) is 15.6. The normalized spacial score (nSPS) is 10.7. The largest absolute Gasteiger partial charge is 0.506 e. The average Bonchev–Trinajstić information content (AvgIpc) is 3.13. The van der Waals surface area contributed by atoms with Crippen molar-refractivity contribution in [2.75, 3.05) is 17.9 Å². The van der Waals surface area contributed by atoms with Crippen LogP contribution in [0.25, 0.3) is 11.3 Å². The Kier molecular flexibility index (Phi) is 5.68. The standard InChI is InChI=1S/C19H18N4O3S/c1-12(24)21-16-9-14(5-8-18(16)25)17-11-27-19(22-17)23-20-10-13-3-6-15(26-2)7-4-13/h3-11,25H,1-2H3,(H,21,24)(H,22,23)/b20-10-. The molecule has 8 heteroatoms. The number of amides is 1. The average molecular weight is 382 g/mol. The van der Waals surface area contributed by atoms with Gasteiger partial charge in [0.1, 0.15) is 11.5 Å². The summed E-state index contributed by atoms with van der Waals surface area (Å²) in [5.41, 5.74) is 5.67. The van der Waals surface area contributed by atoms with Crippen molar-refractivity contribution < 1.29 is 14.6 Å². The van der Waals surface area contributed by atoms with E-state index in [1.54, 1.807) is 25.5 Å². The minimum atomic E-state index is -0.254. The van der Waals surface area contributed by atoms with Crippen LogP contribution in [0.5, 0.6) is 11.5 Å². The molecule has 3 aromatic rings. The van der Waals surface area contributed by atoms with Crippen molar-refractivity contribution in [2.45, 2.75) is 6.92 Å². The number of benzene rings is 2. The zero-order chi connectivity index (χ0) is 19.2. The number of hydrazone groups is 1. The monoisotopic (exact) mass is 382 g/mol. The molecule has 0 atom stereocenters. The second kappa shape index (κ2) is 8.33. The number of methoxy groups -OCH3 is 1. The van der Waals surface area contributed by atoms with Crippen molar-refractivity contribution in [3.05, 3.63) is 53.4 Å². The number of nitrogens with one attached hydrogen (secondary N) is 2. The molecule has 1 amide bonds. The molecular weight excluding hydrogens is 364 g/mol. The molecule has 3 rings (SSSR count). The van der Waals surface area contributed by atoms with Crippen LogP contribution in [-0.2, 0) is 4.79 Å². The molecule has 0 fully saturated rings. The molecule has 7 nitrogen and oxygen atoms in total. The number of thiazole rings is 1. The summed E-state index contributed by atoms with van der Waals surface area (Å²) in [6, 6.07) is 12.5. The van der Waals surface area contributed by atoms with Gasteiger partial charge in [-0.1, -0.05) is 0 Å². The van der Waals surface area contributed by atoms with Gasteiger partial charge in [-0.15, -0.1) is 11.3 Å². The van der Waals surface area contributed by atoms with Gasteiger partial charge in [-0.2, -0.15) is 5.10 Å². The Morgan fingerprint density at radius 2 is 2.04 bits per heavy atom. The molecule has 0 aliphatic heterocycles. The third-order valence-corrected chi connectivity index (χ3v) is 4.34. The number of aromatic hydroxyl groups is 1. The maximum atomic E-state index is 11.2. The fourth-order valence-electron chi connectivity index (χ4n) is 2.29. The van der Waals surface area contributed by atoms with E-state index in [0.29, 0.717) is 16.5 Å². The summed E-state index contributed by atoms with van der Waals surface area (Å²) in [6.07, 6.45) is 1.69. The summed E-state index contributed by atoms with van der Waals surface area (Å²) >= 11 is 1.40. The molecule has 0 radical (unpaired) electrons. The summed E-state index contributed by atoms with van der Waals surface area (Å²) in [5, 5.41) is 19.1. The maximum absolute atomic E-state index is 11.2. The highest BCUT2D eigenvalue weighted by Gasteiger charge is 2.09. The Hall–Kier alpha value is -3.39. The quantitative estimate of drug-likeness (QED) is 0.341. The number of carbonyl (C=O) groups is 1. The molecule has 0 saturated heterocycles. The predicted octanol–water partition coefficient (Wildman–Crippen LogP) is 3.93. The molecule has 3 N–H and O–H groups in total. The van der Waals surface area contributed by atoms with Gasteiger partial charge in [-0.05, 0) is 48.0 Å². The van der Waals surface area contributed by atoms with Gasteiger partial charge in [0, 0.05) is 17.9 Å². The van der Waals surface area contributed by atoms with Crippen LogP contribution in [-0.4, -0.2) is 29.3 Å². The number of aromatic nitrogens is 1. The van der Waals surface area contributed by atoms with Gasteiger partial charge in [-0.3, -0.25) is 10.2 Å². The molecule has 27 heavy (non-hydrogen) atoms. The first-order valence-electron chi connectivity index (χ1n) is 8.05. The predicted molar refractivity (Wildman–Crippen MR) is 108 cm³/mol. The van der Waals surface area contributed by atoms with Crippen molar-refractivity contribution in [3.63, 3.8) is 0 Å². The molecule has 0 aliphatic carbocycles. The van der Waals surface area contributed by atoms with Gasteiger partial charge >= 0.3 is 0 Å². The summed E-state index contributed by atoms with van der Waals surface area (Å²) in [7, 11) is 1.62. The first kappa shape index (κ1) is 18.4. The van der Waals surface area contributed by atoms with E-state index in [0.717, 1.165) is 16.9 Å². The number of rotatable bonds is 6. The van der Waals surface area contributed by atoms with E-state index >= 15 is 0 Å². The van der Waals surface area contributed by atoms with E-state index in [9.17, 15) is 9.90 Å². The first-order chi connectivity index (χ1) is 13.0. The van der Waals surface area contributed by atoms with E-state index in [4.69, 9.17) is 4.74 Å². The number of carbonyl (C=O) groups excluding carboxylic acids is 1. The van der Waals surface area contributed by atoms with Crippen LogP contribution in [0, 0.1) is 0 Å². The van der Waals surface area contributed by atoms with E-state index in [2.05, 4.69) is 20.8 Å². The Labute approximate surface area is 160 Å². The van der Waals surface area contributed by atoms with Crippen molar-refractivity contribution in [1.82, 2.24) is 4.98 Å². The fourth-order valence-corrected chi connectivity index (χ4v) is 2.96. The Morgan fingerprint density at radius 3 is 2.74 bits per heavy atom. The summed E-state index contributed by atoms with van der Waals surface area (Å²) < 4.78 is 5.12. The second-order valence-electron chi connectivity index (χ2n) is 5.59. The molecule has 0 unspecified atom stereocenters. The first-order valence-corrected chi connectivity index (χ1v) is 8.93. The number of hydrogen-bond acceptors (Lipinski definition) is 7. The number of ether oxygens (including phenoxy) is 1. The SMILES string of the molecule is COc1ccc(/C=N\Nc2nc(-c3ccc(O)c(NC(C)=O)c3)cs2)cc1. The Bertz CT molecular complexity index is 967. The van der Waals surface area contributed by atoms with Crippen LogP contribution in [0.1, 0.15) is 12.5 Å². The molecule has 1 heterocycles. The number of phenolic OH excluding ortho intramolecular Hbond substituents is 1. The van der Waals surface area contributed by atoms with Crippen molar-refractivity contribution in [3.8, 4) is 22.8 Å². The van der Waals surface area contributed by atoms with Gasteiger partial charge in [-0.25, -0.2) is 4.98 Å². The summed E-state index contributed by atoms with van der Waals surface area (Å²) in [5.74, 6) is 0.541. The molecule has 138 valence electrons. The van der Waals surface area contributed by atoms with Gasteiger partial charge < -0.3 is 15.2 Å². The van der Waals surface area contributed by atoms with Crippen molar-refractivity contribution >= 4 is 34.3 Å². The van der Waals surface area contributed by atoms with Crippen LogP contribution in [0.4, 0.5) is 10.8 Å². The van der Waals surface area contributed by atoms with E-state index < -0.39 is 0 Å². The summed E-state index contributed by atoms with van der Waals surface area (Å²) in [4.78, 5) is 15.7. The Morgan fingerprint density at radius 1 is 1.26 bits per heavy atom. The van der Waals surface area contributed by atoms with Crippen LogP contribution >= 0.6 is 11.3 Å². The number of phenols is 1.